The Morgan fingerprint density at radius 1 is 1.40 bits per heavy atom. The Balaban J connectivity index is 2.11. The van der Waals surface area contributed by atoms with Crippen molar-refractivity contribution in [3.63, 3.8) is 0 Å². The number of para-hydroxylation sites is 1. The number of aromatic nitrogens is 2. The second kappa shape index (κ2) is 5.84. The summed E-state index contributed by atoms with van der Waals surface area (Å²) in [5.74, 6) is 1.01. The summed E-state index contributed by atoms with van der Waals surface area (Å²) in [6.07, 6.45) is 0.627. The smallest absolute Gasteiger partial charge is 0.151 e. The van der Waals surface area contributed by atoms with Gasteiger partial charge in [0.05, 0.1) is 12.1 Å². The second-order valence-corrected chi connectivity index (χ2v) is 6.68. The molecule has 2 aromatic heterocycles. The highest BCUT2D eigenvalue weighted by Gasteiger charge is 2.14. The minimum absolute atomic E-state index is 0.288. The fourth-order valence-electron chi connectivity index (χ4n) is 2.21. The minimum atomic E-state index is -0.288. The number of aryl methyl sites for hydroxylation is 1. The lowest BCUT2D eigenvalue weighted by Gasteiger charge is -2.06. The van der Waals surface area contributed by atoms with Crippen molar-refractivity contribution in [1.29, 1.82) is 0 Å². The molecule has 0 aliphatic carbocycles. The number of benzene rings is 1. The van der Waals surface area contributed by atoms with Crippen LogP contribution < -0.4 is 0 Å². The van der Waals surface area contributed by atoms with E-state index in [0.29, 0.717) is 24.4 Å². The molecule has 0 saturated heterocycles. The summed E-state index contributed by atoms with van der Waals surface area (Å²) in [5, 5.41) is 2.04. The number of thiophene rings is 1. The number of alkyl halides is 1. The third-order valence-corrected chi connectivity index (χ3v) is 4.93. The van der Waals surface area contributed by atoms with Gasteiger partial charge in [-0.3, -0.25) is 0 Å². The van der Waals surface area contributed by atoms with E-state index >= 15 is 0 Å². The molecule has 0 fully saturated rings. The maximum Gasteiger partial charge on any atom is 0.151 e. The van der Waals surface area contributed by atoms with Crippen LogP contribution >= 0.6 is 38.9 Å². The molecule has 0 atom stereocenters. The topological polar surface area (TPSA) is 17.8 Å². The normalized spacial score (nSPS) is 11.3. The van der Waals surface area contributed by atoms with Crippen LogP contribution in [0.1, 0.15) is 10.7 Å². The van der Waals surface area contributed by atoms with E-state index in [1.54, 1.807) is 17.4 Å². The second-order valence-electron chi connectivity index (χ2n) is 4.39. The van der Waals surface area contributed by atoms with Crippen molar-refractivity contribution in [3.8, 4) is 0 Å². The predicted octanol–water partition coefficient (Wildman–Crippen LogP) is 4.83. The van der Waals surface area contributed by atoms with E-state index in [4.69, 9.17) is 11.6 Å². The van der Waals surface area contributed by atoms with Gasteiger partial charge in [-0.25, -0.2) is 9.37 Å². The first kappa shape index (κ1) is 14.0. The summed E-state index contributed by atoms with van der Waals surface area (Å²) in [7, 11) is 0. The molecule has 0 N–H and O–H groups in total. The van der Waals surface area contributed by atoms with Crippen molar-refractivity contribution < 1.29 is 4.39 Å². The largest absolute Gasteiger partial charge is 0.323 e. The van der Waals surface area contributed by atoms with Crippen LogP contribution in [0.5, 0.6) is 0 Å². The van der Waals surface area contributed by atoms with E-state index in [-0.39, 0.29) is 5.82 Å². The Morgan fingerprint density at radius 3 is 2.95 bits per heavy atom. The van der Waals surface area contributed by atoms with Crippen LogP contribution in [0.25, 0.3) is 11.0 Å². The first-order chi connectivity index (χ1) is 9.69. The Kier molecular flexibility index (Phi) is 4.10. The molecule has 0 unspecified atom stereocenters. The van der Waals surface area contributed by atoms with Gasteiger partial charge in [0, 0.05) is 27.0 Å². The highest BCUT2D eigenvalue weighted by Crippen LogP contribution is 2.25. The molecule has 3 rings (SSSR count). The van der Waals surface area contributed by atoms with Gasteiger partial charge in [0.2, 0.25) is 0 Å². The zero-order chi connectivity index (χ0) is 14.1. The molecule has 2 nitrogen and oxygen atoms in total. The maximum absolute atomic E-state index is 13.8. The molecule has 0 saturated carbocycles. The molecule has 0 spiro atoms. The van der Waals surface area contributed by atoms with Gasteiger partial charge in [-0.1, -0.05) is 6.07 Å². The molecule has 0 amide bonds. The Hall–Kier alpha value is -0.910. The molecule has 3 aromatic rings. The third kappa shape index (κ3) is 2.62. The highest BCUT2D eigenvalue weighted by molar-refractivity contribution is 9.10. The predicted molar refractivity (Wildman–Crippen MR) is 85.2 cm³/mol. The Labute approximate surface area is 133 Å². The number of hydrogen-bond acceptors (Lipinski definition) is 2. The number of imidazole rings is 1. The molecule has 20 heavy (non-hydrogen) atoms. The molecule has 0 aliphatic heterocycles. The first-order valence-corrected chi connectivity index (χ1v) is 8.32. The Morgan fingerprint density at radius 2 is 2.25 bits per heavy atom. The van der Waals surface area contributed by atoms with E-state index in [0.717, 1.165) is 15.8 Å². The minimum Gasteiger partial charge on any atom is -0.323 e. The number of halogens is 3. The van der Waals surface area contributed by atoms with Crippen molar-refractivity contribution in [3.05, 3.63) is 50.6 Å². The number of hydrogen-bond donors (Lipinski definition) is 0. The highest BCUT2D eigenvalue weighted by atomic mass is 79.9. The van der Waals surface area contributed by atoms with Crippen LogP contribution in [0, 0.1) is 5.82 Å². The van der Waals surface area contributed by atoms with Gasteiger partial charge < -0.3 is 4.57 Å². The summed E-state index contributed by atoms with van der Waals surface area (Å²) < 4.78 is 17.0. The summed E-state index contributed by atoms with van der Waals surface area (Å²) in [6.45, 7) is 0.683. The van der Waals surface area contributed by atoms with Crippen LogP contribution in [0.3, 0.4) is 0 Å². The van der Waals surface area contributed by atoms with Crippen LogP contribution in [-0.2, 0) is 13.0 Å². The summed E-state index contributed by atoms with van der Waals surface area (Å²) in [5.41, 5.74) is 1.23. The van der Waals surface area contributed by atoms with E-state index in [1.807, 2.05) is 16.0 Å². The van der Waals surface area contributed by atoms with Crippen LogP contribution in [0.4, 0.5) is 4.39 Å². The fourth-order valence-corrected chi connectivity index (χ4v) is 3.81. The zero-order valence-electron chi connectivity index (χ0n) is 10.4. The quantitative estimate of drug-likeness (QED) is 0.599. The molecular formula is C14H11BrClFN2S. The average Bonchev–Trinajstić information content (AvgIpc) is 2.97. The maximum atomic E-state index is 13.8. The van der Waals surface area contributed by atoms with E-state index in [1.165, 1.54) is 10.9 Å². The lowest BCUT2D eigenvalue weighted by Crippen LogP contribution is -2.04. The third-order valence-electron chi connectivity index (χ3n) is 3.06. The van der Waals surface area contributed by atoms with E-state index in [2.05, 4.69) is 27.0 Å². The van der Waals surface area contributed by atoms with Crippen molar-refractivity contribution in [2.75, 3.05) is 5.88 Å². The molecular weight excluding hydrogens is 363 g/mol. The summed E-state index contributed by atoms with van der Waals surface area (Å²) in [6, 6.07) is 7.11. The van der Waals surface area contributed by atoms with Crippen molar-refractivity contribution in [2.24, 2.45) is 0 Å². The molecule has 1 aromatic carbocycles. The lowest BCUT2D eigenvalue weighted by molar-refractivity contribution is 0.637. The van der Waals surface area contributed by atoms with Crippen molar-refractivity contribution in [1.82, 2.24) is 9.55 Å². The standard InChI is InChI=1S/C14H11BrClFN2S/c15-9-6-10(20-8-9)7-19-12-3-1-2-11(17)14(12)18-13(19)4-5-16/h1-3,6,8H,4-5,7H2. The Bertz CT molecular complexity index is 753. The fraction of sp³-hybridized carbons (Fsp3) is 0.214. The SMILES string of the molecule is Fc1cccc2c1nc(CCCl)n2Cc1cc(Br)cs1. The number of rotatable bonds is 4. The molecule has 0 aliphatic rings. The van der Waals surface area contributed by atoms with Gasteiger partial charge in [-0.2, -0.15) is 0 Å². The molecule has 104 valence electrons. The van der Waals surface area contributed by atoms with Crippen LogP contribution in [0.15, 0.2) is 34.1 Å². The number of fused-ring (bicyclic) bond motifs is 1. The zero-order valence-corrected chi connectivity index (χ0v) is 13.6. The molecule has 2 heterocycles. The van der Waals surface area contributed by atoms with Gasteiger partial charge in [0.1, 0.15) is 11.3 Å². The molecule has 0 radical (unpaired) electrons. The van der Waals surface area contributed by atoms with Crippen molar-refractivity contribution >= 4 is 49.9 Å². The molecule has 6 heteroatoms. The van der Waals surface area contributed by atoms with E-state index < -0.39 is 0 Å². The first-order valence-electron chi connectivity index (χ1n) is 6.11. The average molecular weight is 374 g/mol. The summed E-state index contributed by atoms with van der Waals surface area (Å²) in [4.78, 5) is 5.59. The van der Waals surface area contributed by atoms with Crippen LogP contribution in [0.2, 0.25) is 0 Å². The van der Waals surface area contributed by atoms with Gasteiger partial charge in [-0.05, 0) is 34.1 Å². The van der Waals surface area contributed by atoms with Gasteiger partial charge in [0.15, 0.2) is 5.82 Å². The lowest BCUT2D eigenvalue weighted by atomic mass is 10.3. The van der Waals surface area contributed by atoms with Crippen LogP contribution in [-0.4, -0.2) is 15.4 Å². The monoisotopic (exact) mass is 372 g/mol. The number of nitrogens with zero attached hydrogens (tertiary/aromatic N) is 2. The van der Waals surface area contributed by atoms with Crippen molar-refractivity contribution in [2.45, 2.75) is 13.0 Å². The summed E-state index contributed by atoms with van der Waals surface area (Å²) >= 11 is 10.9. The van der Waals surface area contributed by atoms with Gasteiger partial charge >= 0.3 is 0 Å². The molecule has 0 bridgehead atoms. The van der Waals surface area contributed by atoms with Gasteiger partial charge in [0.25, 0.3) is 0 Å². The van der Waals surface area contributed by atoms with E-state index in [9.17, 15) is 4.39 Å². The van der Waals surface area contributed by atoms with Gasteiger partial charge in [-0.15, -0.1) is 22.9 Å².